The summed E-state index contributed by atoms with van der Waals surface area (Å²) in [5.74, 6) is -0.289. The quantitative estimate of drug-likeness (QED) is 0.0397. The van der Waals surface area contributed by atoms with Crippen LogP contribution in [0.25, 0.3) is 0 Å². The normalized spacial score (nSPS) is 16.3. The molecule has 0 aliphatic carbocycles. The van der Waals surface area contributed by atoms with Crippen molar-refractivity contribution >= 4 is 14.6 Å². The van der Waals surface area contributed by atoms with Crippen LogP contribution in [0.3, 0.4) is 0 Å². The van der Waals surface area contributed by atoms with Gasteiger partial charge in [-0.25, -0.2) is 4.79 Å². The molecule has 0 spiro atoms. The van der Waals surface area contributed by atoms with Crippen molar-refractivity contribution < 1.29 is 23.1 Å². The van der Waals surface area contributed by atoms with Crippen LogP contribution in [0.4, 0.5) is 0 Å². The maximum absolute atomic E-state index is 12.3. The van der Waals surface area contributed by atoms with E-state index in [4.69, 9.17) is 18.3 Å². The maximum atomic E-state index is 12.3. The Morgan fingerprint density at radius 1 is 0.545 bits per heavy atom. The van der Waals surface area contributed by atoms with Gasteiger partial charge in [0.1, 0.15) is 5.60 Å². The number of esters is 1. The fourth-order valence-corrected chi connectivity index (χ4v) is 7.18. The Hall–Kier alpha value is -0.220. The minimum absolute atomic E-state index is 0.289. The van der Waals surface area contributed by atoms with Crippen LogP contribution in [0.5, 0.6) is 0 Å². The molecule has 5 nitrogen and oxygen atoms in total. The molecular weight excluding hydrogens is 567 g/mol. The smallest absolute Gasteiger partial charge is 0.336 e. The maximum Gasteiger partial charge on any atom is 0.336 e. The molecule has 1 rings (SSSR count). The van der Waals surface area contributed by atoms with Crippen molar-refractivity contribution in [1.29, 1.82) is 0 Å². The van der Waals surface area contributed by atoms with E-state index < -0.39 is 20.3 Å². The summed E-state index contributed by atoms with van der Waals surface area (Å²) in [5.41, 5.74) is -0.480. The summed E-state index contributed by atoms with van der Waals surface area (Å²) in [4.78, 5) is 12.3. The minimum Gasteiger partial charge on any atom is -0.458 e. The Labute approximate surface area is 276 Å². The Kier molecular flexibility index (Phi) is 28.6. The van der Waals surface area contributed by atoms with E-state index in [2.05, 4.69) is 13.8 Å². The third-order valence-corrected chi connectivity index (χ3v) is 10.1. The lowest BCUT2D eigenvalue weighted by molar-refractivity contribution is -0.150. The van der Waals surface area contributed by atoms with E-state index in [9.17, 15) is 4.79 Å². The molecule has 0 aromatic carbocycles. The summed E-state index contributed by atoms with van der Waals surface area (Å²) >= 11 is 0. The molecule has 0 amide bonds. The van der Waals surface area contributed by atoms with Gasteiger partial charge in [0, 0.05) is 6.42 Å². The zero-order valence-corrected chi connectivity index (χ0v) is 30.9. The van der Waals surface area contributed by atoms with Crippen molar-refractivity contribution in [2.75, 3.05) is 13.2 Å². The Balaban J connectivity index is 2.08. The van der Waals surface area contributed by atoms with Gasteiger partial charge >= 0.3 is 14.6 Å². The van der Waals surface area contributed by atoms with Gasteiger partial charge in [0.15, 0.2) is 6.10 Å². The lowest BCUT2D eigenvalue weighted by Gasteiger charge is -2.19. The molecule has 262 valence electrons. The Morgan fingerprint density at radius 3 is 1.11 bits per heavy atom. The summed E-state index contributed by atoms with van der Waals surface area (Å²) in [5, 5.41) is 0. The molecule has 0 N–H and O–H groups in total. The largest absolute Gasteiger partial charge is 0.458 e. The summed E-state index contributed by atoms with van der Waals surface area (Å²) < 4.78 is 23.6. The van der Waals surface area contributed by atoms with Crippen LogP contribution in [-0.2, 0) is 23.1 Å². The van der Waals surface area contributed by atoms with Crippen LogP contribution in [0.2, 0.25) is 0 Å². The molecule has 0 radical (unpaired) electrons. The second-order valence-electron chi connectivity index (χ2n) is 14.1. The van der Waals surface area contributed by atoms with Gasteiger partial charge in [0.25, 0.3) is 0 Å². The van der Waals surface area contributed by atoms with E-state index in [0.717, 1.165) is 12.8 Å². The van der Waals surface area contributed by atoms with Crippen LogP contribution < -0.4 is 0 Å². The molecule has 1 heterocycles. The fraction of sp³-hybridized carbons (Fsp3) is 0.974. The van der Waals surface area contributed by atoms with E-state index in [1.165, 1.54) is 167 Å². The van der Waals surface area contributed by atoms with Gasteiger partial charge in [-0.3, -0.25) is 4.52 Å². The SMILES string of the molecule is CCCCCCCCCCCCCCCCOP(OCCCCCCCCCCCCCCCC)O[C@H]1CC(C)(C)OC1=O. The minimum atomic E-state index is -1.52. The van der Waals surface area contributed by atoms with Crippen LogP contribution in [-0.4, -0.2) is 30.9 Å². The van der Waals surface area contributed by atoms with Crippen LogP contribution in [0.15, 0.2) is 0 Å². The van der Waals surface area contributed by atoms with Gasteiger partial charge in [-0.1, -0.05) is 181 Å². The van der Waals surface area contributed by atoms with Gasteiger partial charge in [-0.2, -0.15) is 0 Å². The number of unbranched alkanes of at least 4 members (excludes halogenated alkanes) is 26. The molecule has 0 aromatic rings. The zero-order chi connectivity index (χ0) is 32.0. The molecule has 0 bridgehead atoms. The number of ether oxygens (including phenoxy) is 1. The van der Waals surface area contributed by atoms with Gasteiger partial charge in [0.2, 0.25) is 0 Å². The van der Waals surface area contributed by atoms with Crippen molar-refractivity contribution in [3.05, 3.63) is 0 Å². The topological polar surface area (TPSA) is 54.0 Å². The highest BCUT2D eigenvalue weighted by Gasteiger charge is 2.42. The Bertz CT molecular complexity index is 594. The second-order valence-corrected chi connectivity index (χ2v) is 15.2. The number of cyclic esters (lactones) is 1. The average molecular weight is 643 g/mol. The van der Waals surface area contributed by atoms with Crippen molar-refractivity contribution in [1.82, 2.24) is 0 Å². The summed E-state index contributed by atoms with van der Waals surface area (Å²) in [6.45, 7) is 9.70. The predicted octanol–water partition coefficient (Wildman–Crippen LogP) is 13.3. The van der Waals surface area contributed by atoms with Crippen molar-refractivity contribution in [3.8, 4) is 0 Å². The van der Waals surface area contributed by atoms with Crippen molar-refractivity contribution in [2.24, 2.45) is 0 Å². The fourth-order valence-electron chi connectivity index (χ4n) is 6.06. The van der Waals surface area contributed by atoms with Crippen molar-refractivity contribution in [2.45, 2.75) is 226 Å². The lowest BCUT2D eigenvalue weighted by atomic mass is 10.0. The first-order valence-electron chi connectivity index (χ1n) is 19.4. The average Bonchev–Trinajstić information content (AvgIpc) is 3.26. The molecule has 1 aliphatic rings. The van der Waals surface area contributed by atoms with E-state index in [0.29, 0.717) is 19.6 Å². The standard InChI is InChI=1S/C38H75O5P/c1-5-7-9-11-13-15-17-19-21-23-25-27-29-31-33-40-44(43-36-35-38(3,4)42-37(36)39)41-34-32-30-28-26-24-22-20-18-16-14-12-10-8-6-2/h36H,5-35H2,1-4H3/t36-/m0/s1. The van der Waals surface area contributed by atoms with Crippen molar-refractivity contribution in [3.63, 3.8) is 0 Å². The highest BCUT2D eigenvalue weighted by atomic mass is 31.2. The molecule has 0 saturated carbocycles. The lowest BCUT2D eigenvalue weighted by Crippen LogP contribution is -2.18. The van der Waals surface area contributed by atoms with E-state index >= 15 is 0 Å². The van der Waals surface area contributed by atoms with E-state index in [1.807, 2.05) is 13.8 Å². The number of hydrogen-bond acceptors (Lipinski definition) is 5. The van der Waals surface area contributed by atoms with Crippen LogP contribution in [0, 0.1) is 0 Å². The van der Waals surface area contributed by atoms with E-state index in [1.54, 1.807) is 0 Å². The highest BCUT2D eigenvalue weighted by molar-refractivity contribution is 7.41. The molecule has 44 heavy (non-hydrogen) atoms. The Morgan fingerprint density at radius 2 is 0.841 bits per heavy atom. The van der Waals surface area contributed by atoms with Gasteiger partial charge in [-0.05, 0) is 26.7 Å². The molecule has 6 heteroatoms. The number of carbonyl (C=O) groups is 1. The second kappa shape index (κ2) is 30.1. The van der Waals surface area contributed by atoms with E-state index in [-0.39, 0.29) is 5.97 Å². The summed E-state index contributed by atoms with van der Waals surface area (Å²) in [7, 11) is -1.52. The number of carbonyl (C=O) groups excluding carboxylic acids is 1. The highest BCUT2D eigenvalue weighted by Crippen LogP contribution is 2.45. The monoisotopic (exact) mass is 643 g/mol. The predicted molar refractivity (Wildman–Crippen MR) is 189 cm³/mol. The van der Waals surface area contributed by atoms with Crippen LogP contribution in [0.1, 0.15) is 214 Å². The van der Waals surface area contributed by atoms with Gasteiger partial charge in [-0.15, -0.1) is 0 Å². The first-order chi connectivity index (χ1) is 21.5. The summed E-state index contributed by atoms with van der Waals surface area (Å²) in [6.07, 6.45) is 37.5. The molecule has 1 saturated heterocycles. The first-order valence-corrected chi connectivity index (χ1v) is 20.5. The molecular formula is C38H75O5P. The number of rotatable bonds is 34. The number of hydrogen-bond donors (Lipinski definition) is 0. The van der Waals surface area contributed by atoms with Gasteiger partial charge in [0.05, 0.1) is 13.2 Å². The molecule has 1 atom stereocenters. The molecule has 1 aliphatic heterocycles. The zero-order valence-electron chi connectivity index (χ0n) is 30.0. The summed E-state index contributed by atoms with van der Waals surface area (Å²) in [6, 6.07) is 0. The van der Waals surface area contributed by atoms with Crippen LogP contribution >= 0.6 is 8.60 Å². The van der Waals surface area contributed by atoms with Gasteiger partial charge < -0.3 is 13.8 Å². The first kappa shape index (κ1) is 41.8. The molecule has 0 aromatic heterocycles. The third kappa shape index (κ3) is 25.9. The molecule has 0 unspecified atom stereocenters. The molecule has 1 fully saturated rings. The third-order valence-electron chi connectivity index (χ3n) is 8.92.